The Morgan fingerprint density at radius 2 is 1.03 bits per heavy atom. The van der Waals surface area contributed by atoms with Crippen molar-refractivity contribution in [3.8, 4) is 45.3 Å². The molecule has 0 bridgehead atoms. The van der Waals surface area contributed by atoms with Crippen LogP contribution >= 0.6 is 0 Å². The van der Waals surface area contributed by atoms with Crippen LogP contribution in [0.2, 0.25) is 0 Å². The van der Waals surface area contributed by atoms with Gasteiger partial charge in [-0.25, -0.2) is 0 Å². The average Bonchev–Trinajstić information content (AvgIpc) is 2.77. The monoisotopic (exact) mass is 400 g/mol. The zero-order valence-corrected chi connectivity index (χ0v) is 15.5. The van der Waals surface area contributed by atoms with E-state index in [1.807, 2.05) is 0 Å². The topological polar surface area (TPSA) is 124 Å². The lowest BCUT2D eigenvalue weighted by Crippen LogP contribution is -2.10. The van der Waals surface area contributed by atoms with Crippen LogP contribution in [0.25, 0.3) is 22.3 Å². The van der Waals surface area contributed by atoms with Crippen molar-refractivity contribution >= 4 is 5.78 Å². The maximum absolute atomic E-state index is 13.4. The standard InChI is InChI=1S/C23H16N2O5/c26-17-7-5-13(11-19(17)28)15-3-1-9-24-21(15)23(30)22-16(4-2-10-25-22)14-6-8-18(27)20(29)12-14/h1-12,26-29H. The summed E-state index contributed by atoms with van der Waals surface area (Å²) in [5.41, 5.74) is 2.16. The lowest BCUT2D eigenvalue weighted by molar-refractivity contribution is 0.103. The highest BCUT2D eigenvalue weighted by Gasteiger charge is 2.22. The molecule has 4 N–H and O–H groups in total. The number of aromatic hydroxyl groups is 4. The van der Waals surface area contributed by atoms with Gasteiger partial charge in [-0.15, -0.1) is 0 Å². The summed E-state index contributed by atoms with van der Waals surface area (Å²) in [4.78, 5) is 21.8. The van der Waals surface area contributed by atoms with E-state index in [9.17, 15) is 25.2 Å². The summed E-state index contributed by atoms with van der Waals surface area (Å²) in [6, 6.07) is 15.2. The van der Waals surface area contributed by atoms with E-state index in [1.54, 1.807) is 36.4 Å². The van der Waals surface area contributed by atoms with Gasteiger partial charge >= 0.3 is 0 Å². The number of aromatic nitrogens is 2. The van der Waals surface area contributed by atoms with Crippen LogP contribution in [0.3, 0.4) is 0 Å². The third-order valence-corrected chi connectivity index (χ3v) is 4.62. The van der Waals surface area contributed by atoms with Crippen LogP contribution in [-0.4, -0.2) is 36.2 Å². The van der Waals surface area contributed by atoms with Crippen LogP contribution in [0.15, 0.2) is 73.1 Å². The van der Waals surface area contributed by atoms with Gasteiger partial charge in [-0.1, -0.05) is 24.3 Å². The minimum atomic E-state index is -0.457. The fraction of sp³-hybridized carbons (Fsp3) is 0. The summed E-state index contributed by atoms with van der Waals surface area (Å²) in [7, 11) is 0. The van der Waals surface area contributed by atoms with Crippen LogP contribution in [0.5, 0.6) is 23.0 Å². The fourth-order valence-electron chi connectivity index (χ4n) is 3.13. The Labute approximate surface area is 171 Å². The molecule has 0 atom stereocenters. The number of hydrogen-bond donors (Lipinski definition) is 4. The molecule has 0 fully saturated rings. The summed E-state index contributed by atoms with van der Waals surface area (Å²) < 4.78 is 0. The van der Waals surface area contributed by atoms with E-state index in [-0.39, 0.29) is 34.4 Å². The molecule has 0 aliphatic rings. The molecule has 2 aromatic carbocycles. The number of hydrogen-bond acceptors (Lipinski definition) is 7. The Balaban J connectivity index is 1.84. The third-order valence-electron chi connectivity index (χ3n) is 4.62. The summed E-state index contributed by atoms with van der Waals surface area (Å²) in [5, 5.41) is 38.8. The van der Waals surface area contributed by atoms with Crippen molar-refractivity contribution in [2.45, 2.75) is 0 Å². The zero-order chi connectivity index (χ0) is 21.3. The third kappa shape index (κ3) is 3.40. The first-order valence-corrected chi connectivity index (χ1v) is 8.95. The van der Waals surface area contributed by atoms with Crippen molar-refractivity contribution in [2.75, 3.05) is 0 Å². The first kappa shape index (κ1) is 18.9. The van der Waals surface area contributed by atoms with Gasteiger partial charge in [0.1, 0.15) is 11.4 Å². The fourth-order valence-corrected chi connectivity index (χ4v) is 3.13. The van der Waals surface area contributed by atoms with E-state index in [0.29, 0.717) is 22.3 Å². The summed E-state index contributed by atoms with van der Waals surface area (Å²) in [6.07, 6.45) is 2.96. The zero-order valence-electron chi connectivity index (χ0n) is 15.5. The Hall–Kier alpha value is -4.39. The Kier molecular flexibility index (Phi) is 4.77. The molecule has 4 rings (SSSR count). The van der Waals surface area contributed by atoms with Gasteiger partial charge in [-0.2, -0.15) is 0 Å². The molecule has 0 amide bonds. The minimum Gasteiger partial charge on any atom is -0.504 e. The molecule has 0 aliphatic heterocycles. The van der Waals surface area contributed by atoms with E-state index in [4.69, 9.17) is 0 Å². The summed E-state index contributed by atoms with van der Waals surface area (Å²) in [5.74, 6) is -1.62. The molecule has 30 heavy (non-hydrogen) atoms. The maximum atomic E-state index is 13.4. The number of rotatable bonds is 4. The predicted molar refractivity (Wildman–Crippen MR) is 109 cm³/mol. The van der Waals surface area contributed by atoms with Gasteiger partial charge in [0.25, 0.3) is 0 Å². The van der Waals surface area contributed by atoms with Gasteiger partial charge in [-0.3, -0.25) is 14.8 Å². The number of benzene rings is 2. The molecule has 2 aromatic heterocycles. The van der Waals surface area contributed by atoms with Gasteiger partial charge in [0, 0.05) is 23.5 Å². The van der Waals surface area contributed by atoms with Crippen LogP contribution in [0.1, 0.15) is 16.2 Å². The number of carbonyl (C=O) groups excluding carboxylic acids is 1. The normalized spacial score (nSPS) is 10.7. The molecule has 0 unspecified atom stereocenters. The van der Waals surface area contributed by atoms with E-state index in [2.05, 4.69) is 9.97 Å². The highest BCUT2D eigenvalue weighted by Crippen LogP contribution is 2.35. The van der Waals surface area contributed by atoms with Crippen molar-refractivity contribution < 1.29 is 25.2 Å². The average molecular weight is 400 g/mol. The molecule has 0 aliphatic carbocycles. The second-order valence-corrected chi connectivity index (χ2v) is 6.54. The van der Waals surface area contributed by atoms with E-state index in [0.717, 1.165) is 0 Å². The van der Waals surface area contributed by atoms with Crippen molar-refractivity contribution in [3.63, 3.8) is 0 Å². The second kappa shape index (κ2) is 7.56. The minimum absolute atomic E-state index is 0.116. The van der Waals surface area contributed by atoms with Gasteiger partial charge < -0.3 is 20.4 Å². The number of pyridine rings is 2. The smallest absolute Gasteiger partial charge is 0.230 e. The summed E-state index contributed by atoms with van der Waals surface area (Å²) >= 11 is 0. The van der Waals surface area contributed by atoms with E-state index >= 15 is 0 Å². The number of phenolic OH excluding ortho intramolecular Hbond substituents is 4. The van der Waals surface area contributed by atoms with Crippen LogP contribution in [0.4, 0.5) is 0 Å². The Bertz CT molecular complexity index is 1170. The highest BCUT2D eigenvalue weighted by molar-refractivity contribution is 6.13. The van der Waals surface area contributed by atoms with E-state index in [1.165, 1.54) is 36.7 Å². The molecule has 0 saturated heterocycles. The lowest BCUT2D eigenvalue weighted by atomic mass is 9.96. The van der Waals surface area contributed by atoms with Gasteiger partial charge in [-0.05, 0) is 47.5 Å². The van der Waals surface area contributed by atoms with Gasteiger partial charge in [0.15, 0.2) is 23.0 Å². The molecule has 0 radical (unpaired) electrons. The van der Waals surface area contributed by atoms with Crippen LogP contribution in [0, 0.1) is 0 Å². The molecule has 7 heteroatoms. The van der Waals surface area contributed by atoms with E-state index < -0.39 is 5.78 Å². The first-order chi connectivity index (χ1) is 14.5. The number of ketones is 1. The number of carbonyl (C=O) groups is 1. The van der Waals surface area contributed by atoms with Crippen molar-refractivity contribution in [1.82, 2.24) is 9.97 Å². The first-order valence-electron chi connectivity index (χ1n) is 8.95. The van der Waals surface area contributed by atoms with Gasteiger partial charge in [0.2, 0.25) is 5.78 Å². The van der Waals surface area contributed by atoms with Crippen LogP contribution < -0.4 is 0 Å². The molecule has 0 spiro atoms. The molecular formula is C23H16N2O5. The van der Waals surface area contributed by atoms with Gasteiger partial charge in [0.05, 0.1) is 0 Å². The lowest BCUT2D eigenvalue weighted by Gasteiger charge is -2.12. The van der Waals surface area contributed by atoms with Crippen molar-refractivity contribution in [3.05, 3.63) is 84.4 Å². The Morgan fingerprint density at radius 3 is 1.43 bits per heavy atom. The highest BCUT2D eigenvalue weighted by atomic mass is 16.3. The second-order valence-electron chi connectivity index (χ2n) is 6.54. The molecule has 7 nitrogen and oxygen atoms in total. The molecular weight excluding hydrogens is 384 g/mol. The predicted octanol–water partition coefficient (Wildman–Crippen LogP) is 3.86. The SMILES string of the molecule is O=C(c1ncccc1-c1ccc(O)c(O)c1)c1ncccc1-c1ccc(O)c(O)c1. The molecule has 148 valence electrons. The molecule has 4 aromatic rings. The van der Waals surface area contributed by atoms with Crippen molar-refractivity contribution in [1.29, 1.82) is 0 Å². The molecule has 2 heterocycles. The number of nitrogens with zero attached hydrogens (tertiary/aromatic N) is 2. The quantitative estimate of drug-likeness (QED) is 0.303. The number of phenols is 4. The molecule has 0 saturated carbocycles. The Morgan fingerprint density at radius 1 is 0.600 bits per heavy atom. The largest absolute Gasteiger partial charge is 0.504 e. The maximum Gasteiger partial charge on any atom is 0.230 e. The van der Waals surface area contributed by atoms with Crippen LogP contribution in [-0.2, 0) is 0 Å². The summed E-state index contributed by atoms with van der Waals surface area (Å²) in [6.45, 7) is 0. The van der Waals surface area contributed by atoms with Crippen molar-refractivity contribution in [2.24, 2.45) is 0 Å².